The van der Waals surface area contributed by atoms with Crippen LogP contribution in [0, 0.1) is 6.92 Å². The first kappa shape index (κ1) is 9.25. The Bertz CT molecular complexity index is 380. The van der Waals surface area contributed by atoms with Gasteiger partial charge in [0.25, 0.3) is 0 Å². The maximum atomic E-state index is 11.3. The lowest BCUT2D eigenvalue weighted by Gasteiger charge is -2.18. The molecule has 0 saturated heterocycles. The molecule has 0 aromatic heterocycles. The highest BCUT2D eigenvalue weighted by molar-refractivity contribution is 5.83. The summed E-state index contributed by atoms with van der Waals surface area (Å²) in [7, 11) is 1.69. The summed E-state index contributed by atoms with van der Waals surface area (Å²) >= 11 is 0. The Balaban J connectivity index is 2.51. The zero-order chi connectivity index (χ0) is 10.1. The van der Waals surface area contributed by atoms with Crippen LogP contribution in [0.5, 0.6) is 5.75 Å². The molecule has 0 heterocycles. The fraction of sp³-hybridized carbons (Fsp3) is 0.417. The Morgan fingerprint density at radius 2 is 2.07 bits per heavy atom. The molecule has 0 bridgehead atoms. The molecular weight excluding hydrogens is 176 g/mol. The molecule has 1 aliphatic carbocycles. The SMILES string of the molecule is COc1cc(C)cc2c1CCC(=O)C2. The summed E-state index contributed by atoms with van der Waals surface area (Å²) in [5.41, 5.74) is 3.53. The summed E-state index contributed by atoms with van der Waals surface area (Å²) < 4.78 is 5.32. The van der Waals surface area contributed by atoms with Crippen LogP contribution in [0.3, 0.4) is 0 Å². The zero-order valence-corrected chi connectivity index (χ0v) is 8.59. The Labute approximate surface area is 83.9 Å². The van der Waals surface area contributed by atoms with E-state index in [0.29, 0.717) is 18.6 Å². The largest absolute Gasteiger partial charge is 0.496 e. The zero-order valence-electron chi connectivity index (χ0n) is 8.59. The van der Waals surface area contributed by atoms with E-state index in [0.717, 1.165) is 23.3 Å². The number of hydrogen-bond acceptors (Lipinski definition) is 2. The maximum Gasteiger partial charge on any atom is 0.137 e. The van der Waals surface area contributed by atoms with E-state index in [1.807, 2.05) is 13.0 Å². The first-order valence-electron chi connectivity index (χ1n) is 4.89. The standard InChI is InChI=1S/C12H14O2/c1-8-5-9-7-10(13)3-4-11(9)12(6-8)14-2/h5-6H,3-4,7H2,1-2H3. The highest BCUT2D eigenvalue weighted by atomic mass is 16.5. The molecular formula is C12H14O2. The minimum absolute atomic E-state index is 0.338. The van der Waals surface area contributed by atoms with Crippen LogP contribution in [0.1, 0.15) is 23.1 Å². The summed E-state index contributed by atoms with van der Waals surface area (Å²) in [4.78, 5) is 11.3. The number of ketones is 1. The van der Waals surface area contributed by atoms with Crippen LogP contribution in [0.2, 0.25) is 0 Å². The van der Waals surface area contributed by atoms with E-state index in [2.05, 4.69) is 6.07 Å². The van der Waals surface area contributed by atoms with E-state index in [9.17, 15) is 4.79 Å². The van der Waals surface area contributed by atoms with Crippen molar-refractivity contribution in [3.63, 3.8) is 0 Å². The molecule has 0 fully saturated rings. The fourth-order valence-corrected chi connectivity index (χ4v) is 2.04. The van der Waals surface area contributed by atoms with Crippen molar-refractivity contribution in [3.05, 3.63) is 28.8 Å². The number of ether oxygens (including phenoxy) is 1. The van der Waals surface area contributed by atoms with Crippen molar-refractivity contribution in [3.8, 4) is 5.75 Å². The van der Waals surface area contributed by atoms with Crippen LogP contribution < -0.4 is 4.74 Å². The van der Waals surface area contributed by atoms with E-state index in [1.54, 1.807) is 7.11 Å². The third kappa shape index (κ3) is 1.52. The molecule has 0 spiro atoms. The Kier molecular flexibility index (Phi) is 2.28. The van der Waals surface area contributed by atoms with E-state index >= 15 is 0 Å². The van der Waals surface area contributed by atoms with Crippen molar-refractivity contribution in [2.75, 3.05) is 7.11 Å². The molecule has 14 heavy (non-hydrogen) atoms. The van der Waals surface area contributed by atoms with E-state index in [-0.39, 0.29) is 0 Å². The Morgan fingerprint density at radius 3 is 2.79 bits per heavy atom. The number of benzene rings is 1. The van der Waals surface area contributed by atoms with Crippen LogP contribution in [0.15, 0.2) is 12.1 Å². The molecule has 0 unspecified atom stereocenters. The third-order valence-electron chi connectivity index (χ3n) is 2.71. The smallest absolute Gasteiger partial charge is 0.137 e. The monoisotopic (exact) mass is 190 g/mol. The van der Waals surface area contributed by atoms with Gasteiger partial charge in [0.05, 0.1) is 7.11 Å². The molecule has 0 radical (unpaired) electrons. The quantitative estimate of drug-likeness (QED) is 0.677. The van der Waals surface area contributed by atoms with Crippen molar-refractivity contribution in [2.45, 2.75) is 26.2 Å². The van der Waals surface area contributed by atoms with Gasteiger partial charge in [0.2, 0.25) is 0 Å². The predicted octanol–water partition coefficient (Wildman–Crippen LogP) is 2.06. The topological polar surface area (TPSA) is 26.3 Å². The van der Waals surface area contributed by atoms with Gasteiger partial charge in [-0.3, -0.25) is 4.79 Å². The summed E-state index contributed by atoms with van der Waals surface area (Å²) in [6, 6.07) is 4.13. The predicted molar refractivity (Wildman–Crippen MR) is 54.8 cm³/mol. The third-order valence-corrected chi connectivity index (χ3v) is 2.71. The molecule has 1 aromatic carbocycles. The van der Waals surface area contributed by atoms with Crippen LogP contribution in [-0.4, -0.2) is 12.9 Å². The molecule has 0 atom stereocenters. The van der Waals surface area contributed by atoms with Crippen LogP contribution in [0.4, 0.5) is 0 Å². The molecule has 0 amide bonds. The number of carbonyl (C=O) groups is 1. The van der Waals surface area contributed by atoms with Gasteiger partial charge in [-0.05, 0) is 36.1 Å². The molecule has 2 rings (SSSR count). The fourth-order valence-electron chi connectivity index (χ4n) is 2.04. The minimum atomic E-state index is 0.338. The summed E-state index contributed by atoms with van der Waals surface area (Å²) in [6.45, 7) is 2.03. The number of hydrogen-bond donors (Lipinski definition) is 0. The lowest BCUT2D eigenvalue weighted by Crippen LogP contribution is -2.14. The lowest BCUT2D eigenvalue weighted by atomic mass is 9.89. The number of methoxy groups -OCH3 is 1. The van der Waals surface area contributed by atoms with Gasteiger partial charge in [-0.15, -0.1) is 0 Å². The summed E-state index contributed by atoms with van der Waals surface area (Å²) in [5.74, 6) is 1.28. The molecule has 0 N–H and O–H groups in total. The van der Waals surface area contributed by atoms with Gasteiger partial charge in [-0.2, -0.15) is 0 Å². The highest BCUT2D eigenvalue weighted by Crippen LogP contribution is 2.29. The Morgan fingerprint density at radius 1 is 1.29 bits per heavy atom. The number of carbonyl (C=O) groups excluding carboxylic acids is 1. The minimum Gasteiger partial charge on any atom is -0.496 e. The van der Waals surface area contributed by atoms with Crippen molar-refractivity contribution in [2.24, 2.45) is 0 Å². The molecule has 0 aliphatic heterocycles. The normalized spacial score (nSPS) is 15.1. The first-order chi connectivity index (χ1) is 6.70. The second-order valence-corrected chi connectivity index (χ2v) is 3.82. The van der Waals surface area contributed by atoms with Crippen molar-refractivity contribution >= 4 is 5.78 Å². The van der Waals surface area contributed by atoms with Crippen LogP contribution in [0.25, 0.3) is 0 Å². The molecule has 1 aliphatic rings. The van der Waals surface area contributed by atoms with E-state index < -0.39 is 0 Å². The van der Waals surface area contributed by atoms with Crippen LogP contribution in [-0.2, 0) is 17.6 Å². The number of aryl methyl sites for hydroxylation is 1. The average Bonchev–Trinajstić information content (AvgIpc) is 2.15. The van der Waals surface area contributed by atoms with E-state index in [4.69, 9.17) is 4.74 Å². The maximum absolute atomic E-state index is 11.3. The van der Waals surface area contributed by atoms with Gasteiger partial charge in [-0.1, -0.05) is 6.07 Å². The molecule has 2 heteroatoms. The Hall–Kier alpha value is -1.31. The molecule has 0 saturated carbocycles. The second-order valence-electron chi connectivity index (χ2n) is 3.82. The van der Waals surface area contributed by atoms with Crippen LogP contribution >= 0.6 is 0 Å². The van der Waals surface area contributed by atoms with E-state index in [1.165, 1.54) is 5.56 Å². The number of Topliss-reactive ketones (excluding diaryl/α,β-unsaturated/α-hetero) is 1. The van der Waals surface area contributed by atoms with Gasteiger partial charge in [0.15, 0.2) is 0 Å². The van der Waals surface area contributed by atoms with Crippen molar-refractivity contribution in [1.82, 2.24) is 0 Å². The van der Waals surface area contributed by atoms with Gasteiger partial charge < -0.3 is 4.74 Å². The summed E-state index contributed by atoms with van der Waals surface area (Å²) in [6.07, 6.45) is 2.07. The number of rotatable bonds is 1. The average molecular weight is 190 g/mol. The highest BCUT2D eigenvalue weighted by Gasteiger charge is 2.19. The van der Waals surface area contributed by atoms with Gasteiger partial charge in [-0.25, -0.2) is 0 Å². The van der Waals surface area contributed by atoms with Crippen molar-refractivity contribution in [1.29, 1.82) is 0 Å². The molecule has 2 nitrogen and oxygen atoms in total. The van der Waals surface area contributed by atoms with Crippen molar-refractivity contribution < 1.29 is 9.53 Å². The second kappa shape index (κ2) is 3.45. The molecule has 74 valence electrons. The van der Waals surface area contributed by atoms with Gasteiger partial charge in [0.1, 0.15) is 11.5 Å². The lowest BCUT2D eigenvalue weighted by molar-refractivity contribution is -0.118. The van der Waals surface area contributed by atoms with Gasteiger partial charge >= 0.3 is 0 Å². The number of fused-ring (bicyclic) bond motifs is 1. The summed E-state index contributed by atoms with van der Waals surface area (Å²) in [5, 5.41) is 0. The molecule has 1 aromatic rings. The van der Waals surface area contributed by atoms with Gasteiger partial charge in [0, 0.05) is 12.8 Å². The first-order valence-corrected chi connectivity index (χ1v) is 4.89.